The van der Waals surface area contributed by atoms with Gasteiger partial charge < -0.3 is 0 Å². The predicted molar refractivity (Wildman–Crippen MR) is 62.2 cm³/mol. The Bertz CT molecular complexity index is 642. The van der Waals surface area contributed by atoms with Gasteiger partial charge >= 0.3 is 0 Å². The van der Waals surface area contributed by atoms with Gasteiger partial charge in [0, 0.05) is 17.8 Å². The normalized spacial score (nSPS) is 10.5. The van der Waals surface area contributed by atoms with Crippen LogP contribution in [0.4, 0.5) is 0 Å². The zero-order valence-electron chi connectivity index (χ0n) is 8.98. The zero-order valence-corrected chi connectivity index (χ0v) is 9.73. The fraction of sp³-hybridized carbons (Fsp3) is 0.200. The van der Waals surface area contributed by atoms with Crippen LogP contribution < -0.4 is 11.1 Å². The van der Waals surface area contributed by atoms with E-state index in [9.17, 15) is 9.59 Å². The van der Waals surface area contributed by atoms with Gasteiger partial charge in [-0.2, -0.15) is 0 Å². The molecule has 2 rings (SSSR count). The minimum atomic E-state index is -0.358. The van der Waals surface area contributed by atoms with Crippen molar-refractivity contribution >= 4 is 11.6 Å². The van der Waals surface area contributed by atoms with Gasteiger partial charge in [0.05, 0.1) is 0 Å². The number of hydrogen-bond donors (Lipinski definition) is 1. The van der Waals surface area contributed by atoms with Crippen LogP contribution in [0, 0.1) is 6.92 Å². The lowest BCUT2D eigenvalue weighted by Crippen LogP contribution is -2.29. The lowest BCUT2D eigenvalue weighted by Gasteiger charge is -2.04. The van der Waals surface area contributed by atoms with Crippen molar-refractivity contribution in [2.24, 2.45) is 0 Å². The minimum Gasteiger partial charge on any atom is -0.268 e. The molecule has 88 valence electrons. The highest BCUT2D eigenvalue weighted by Gasteiger charge is 2.03. The van der Waals surface area contributed by atoms with Crippen molar-refractivity contribution < 1.29 is 0 Å². The summed E-state index contributed by atoms with van der Waals surface area (Å²) in [4.78, 5) is 30.6. The average molecular weight is 253 g/mol. The third-order valence-corrected chi connectivity index (χ3v) is 2.25. The average Bonchev–Trinajstić information content (AvgIpc) is 2.22. The number of halogens is 1. The Hall–Kier alpha value is -1.95. The first-order chi connectivity index (χ1) is 8.04. The summed E-state index contributed by atoms with van der Waals surface area (Å²) in [6, 6.07) is 3.97. The van der Waals surface area contributed by atoms with E-state index in [-0.39, 0.29) is 17.7 Å². The van der Waals surface area contributed by atoms with Crippen molar-refractivity contribution in [1.82, 2.24) is 19.7 Å². The molecule has 0 aliphatic carbocycles. The molecule has 17 heavy (non-hydrogen) atoms. The van der Waals surface area contributed by atoms with E-state index in [4.69, 9.17) is 11.6 Å². The number of rotatable bonds is 2. The molecule has 0 radical (unpaired) electrons. The van der Waals surface area contributed by atoms with E-state index in [2.05, 4.69) is 15.1 Å². The van der Waals surface area contributed by atoms with E-state index in [1.54, 1.807) is 13.0 Å². The number of aryl methyl sites for hydroxylation is 1. The monoisotopic (exact) mass is 252 g/mol. The second-order valence-corrected chi connectivity index (χ2v) is 3.87. The first-order valence-corrected chi connectivity index (χ1v) is 5.22. The van der Waals surface area contributed by atoms with Crippen LogP contribution in [0.3, 0.4) is 0 Å². The van der Waals surface area contributed by atoms with Gasteiger partial charge in [0.25, 0.3) is 11.1 Å². The standard InChI is InChI=1S/C10H9ClN4O2/c1-6-4-7(11)13-8(12-6)5-15-10(17)3-2-9(16)14-15/h2-4H,5H2,1H3,(H,14,16). The van der Waals surface area contributed by atoms with Gasteiger partial charge in [-0.1, -0.05) is 11.6 Å². The number of nitrogens with zero attached hydrogens (tertiary/aromatic N) is 3. The summed E-state index contributed by atoms with van der Waals surface area (Å²) >= 11 is 5.78. The molecular formula is C10H9ClN4O2. The molecule has 2 heterocycles. The molecule has 0 fully saturated rings. The lowest BCUT2D eigenvalue weighted by atomic mass is 10.4. The molecule has 2 aromatic heterocycles. The Kier molecular flexibility index (Phi) is 3.06. The maximum Gasteiger partial charge on any atom is 0.265 e. The number of H-pyrrole nitrogens is 1. The third-order valence-electron chi connectivity index (χ3n) is 2.06. The molecule has 0 aliphatic rings. The van der Waals surface area contributed by atoms with Crippen LogP contribution in [0.2, 0.25) is 5.15 Å². The second kappa shape index (κ2) is 4.50. The summed E-state index contributed by atoms with van der Waals surface area (Å²) in [7, 11) is 0. The van der Waals surface area contributed by atoms with Crippen LogP contribution in [0.25, 0.3) is 0 Å². The Balaban J connectivity index is 2.41. The van der Waals surface area contributed by atoms with Gasteiger partial charge in [-0.25, -0.2) is 14.6 Å². The van der Waals surface area contributed by atoms with Crippen LogP contribution in [0.5, 0.6) is 0 Å². The number of aromatic nitrogens is 4. The molecule has 7 heteroatoms. The van der Waals surface area contributed by atoms with Crippen molar-refractivity contribution in [3.63, 3.8) is 0 Å². The SMILES string of the molecule is Cc1cc(Cl)nc(Cn2[nH]c(=O)ccc2=O)n1. The highest BCUT2D eigenvalue weighted by atomic mass is 35.5. The smallest absolute Gasteiger partial charge is 0.265 e. The number of aromatic amines is 1. The van der Waals surface area contributed by atoms with Gasteiger partial charge in [-0.3, -0.25) is 14.7 Å². The zero-order chi connectivity index (χ0) is 12.4. The van der Waals surface area contributed by atoms with Crippen molar-refractivity contribution in [3.8, 4) is 0 Å². The van der Waals surface area contributed by atoms with Gasteiger partial charge in [-0.15, -0.1) is 0 Å². The van der Waals surface area contributed by atoms with Gasteiger partial charge in [-0.05, 0) is 13.0 Å². The molecule has 0 amide bonds. The summed E-state index contributed by atoms with van der Waals surface area (Å²) in [5.41, 5.74) is 0.0144. The summed E-state index contributed by atoms with van der Waals surface area (Å²) in [6.45, 7) is 1.85. The van der Waals surface area contributed by atoms with E-state index in [1.165, 1.54) is 12.1 Å². The summed E-state index contributed by atoms with van der Waals surface area (Å²) in [5, 5.41) is 2.69. The molecule has 0 saturated heterocycles. The summed E-state index contributed by atoms with van der Waals surface area (Å²) in [6.07, 6.45) is 0. The molecule has 0 aromatic carbocycles. The van der Waals surface area contributed by atoms with Crippen LogP contribution in [-0.4, -0.2) is 19.7 Å². The van der Waals surface area contributed by atoms with Crippen molar-refractivity contribution in [2.45, 2.75) is 13.5 Å². The quantitative estimate of drug-likeness (QED) is 0.782. The number of nitrogens with one attached hydrogen (secondary N) is 1. The van der Waals surface area contributed by atoms with E-state index in [0.29, 0.717) is 16.7 Å². The Labute approximate surface area is 101 Å². The maximum absolute atomic E-state index is 11.4. The highest BCUT2D eigenvalue weighted by molar-refractivity contribution is 6.29. The van der Waals surface area contributed by atoms with Crippen molar-refractivity contribution in [2.75, 3.05) is 0 Å². The van der Waals surface area contributed by atoms with Gasteiger partial charge in [0.2, 0.25) is 0 Å². The van der Waals surface area contributed by atoms with Crippen LogP contribution >= 0.6 is 11.6 Å². The highest BCUT2D eigenvalue weighted by Crippen LogP contribution is 2.06. The molecule has 0 bridgehead atoms. The third kappa shape index (κ3) is 2.79. The topological polar surface area (TPSA) is 80.6 Å². The van der Waals surface area contributed by atoms with E-state index in [0.717, 1.165) is 4.68 Å². The van der Waals surface area contributed by atoms with E-state index < -0.39 is 0 Å². The van der Waals surface area contributed by atoms with Crippen molar-refractivity contribution in [1.29, 1.82) is 0 Å². The molecule has 0 unspecified atom stereocenters. The minimum absolute atomic E-state index is 0.0797. The molecule has 0 aliphatic heterocycles. The van der Waals surface area contributed by atoms with E-state index >= 15 is 0 Å². The predicted octanol–water partition coefficient (Wildman–Crippen LogP) is 0.337. The van der Waals surface area contributed by atoms with Crippen LogP contribution in [0.15, 0.2) is 27.8 Å². The Morgan fingerprint density at radius 2 is 2.12 bits per heavy atom. The van der Waals surface area contributed by atoms with Gasteiger partial charge in [0.1, 0.15) is 11.7 Å². The maximum atomic E-state index is 11.4. The van der Waals surface area contributed by atoms with E-state index in [1.807, 2.05) is 0 Å². The van der Waals surface area contributed by atoms with Gasteiger partial charge in [0.15, 0.2) is 5.82 Å². The first-order valence-electron chi connectivity index (χ1n) is 4.85. The summed E-state index contributed by atoms with van der Waals surface area (Å²) in [5.74, 6) is 0.374. The lowest BCUT2D eigenvalue weighted by molar-refractivity contribution is 0.603. The largest absolute Gasteiger partial charge is 0.268 e. The molecule has 2 aromatic rings. The molecule has 6 nitrogen and oxygen atoms in total. The Morgan fingerprint density at radius 1 is 1.35 bits per heavy atom. The first kappa shape index (κ1) is 11.5. The Morgan fingerprint density at radius 3 is 2.82 bits per heavy atom. The fourth-order valence-corrected chi connectivity index (χ4v) is 1.64. The molecular weight excluding hydrogens is 244 g/mol. The molecule has 1 N–H and O–H groups in total. The molecule has 0 saturated carbocycles. The molecule has 0 spiro atoms. The second-order valence-electron chi connectivity index (χ2n) is 3.48. The number of hydrogen-bond acceptors (Lipinski definition) is 4. The fourth-order valence-electron chi connectivity index (χ4n) is 1.38. The summed E-state index contributed by atoms with van der Waals surface area (Å²) < 4.78 is 1.13. The van der Waals surface area contributed by atoms with Crippen LogP contribution in [-0.2, 0) is 6.54 Å². The molecule has 0 atom stereocenters. The van der Waals surface area contributed by atoms with Crippen molar-refractivity contribution in [3.05, 3.63) is 55.6 Å². The van der Waals surface area contributed by atoms with Crippen LogP contribution in [0.1, 0.15) is 11.5 Å².